The highest BCUT2D eigenvalue weighted by Crippen LogP contribution is 2.16. The molecular formula is C7H6INO3S. The zero-order valence-corrected chi connectivity index (χ0v) is 9.41. The third-order valence-electron chi connectivity index (χ3n) is 1.33. The Labute approximate surface area is 90.4 Å². The number of para-hydroxylation sites is 1. The second kappa shape index (κ2) is 4.56. The molecule has 1 N–H and O–H groups in total. The summed E-state index contributed by atoms with van der Waals surface area (Å²) in [6.07, 6.45) is 0. The van der Waals surface area contributed by atoms with Gasteiger partial charge in [-0.2, -0.15) is 0 Å². The van der Waals surface area contributed by atoms with Gasteiger partial charge in [0.15, 0.2) is 10.7 Å². The lowest BCUT2D eigenvalue weighted by atomic mass is 10.3. The molecule has 0 aliphatic carbocycles. The zero-order chi connectivity index (χ0) is 9.84. The average Bonchev–Trinajstić information content (AvgIpc) is 2.03. The van der Waals surface area contributed by atoms with Gasteiger partial charge in [0.05, 0.1) is 10.6 Å². The Morgan fingerprint density at radius 3 is 2.46 bits per heavy atom. The number of amides is 1. The molecule has 0 heterocycles. The molecule has 0 atom stereocenters. The van der Waals surface area contributed by atoms with E-state index in [1.165, 1.54) is 34.7 Å². The predicted octanol–water partition coefficient (Wildman–Crippen LogP) is 1.62. The first-order valence-corrected chi connectivity index (χ1v) is 5.57. The molecule has 0 saturated carbocycles. The Bertz CT molecular complexity index is 394. The van der Waals surface area contributed by atoms with E-state index < -0.39 is 10.7 Å². The van der Waals surface area contributed by atoms with Gasteiger partial charge in [-0.3, -0.25) is 4.79 Å². The van der Waals surface area contributed by atoms with Gasteiger partial charge in [-0.1, -0.05) is 12.1 Å². The summed E-state index contributed by atoms with van der Waals surface area (Å²) < 4.78 is 21.1. The molecule has 1 rings (SSSR count). The normalized spacial score (nSPS) is 10.0. The Kier molecular flexibility index (Phi) is 3.67. The Hall–Kier alpha value is -0.630. The van der Waals surface area contributed by atoms with Crippen molar-refractivity contribution in [1.82, 2.24) is 0 Å². The van der Waals surface area contributed by atoms with Crippen molar-refractivity contribution in [2.75, 3.05) is 5.32 Å². The van der Waals surface area contributed by atoms with Crippen LogP contribution in [-0.2, 0) is 10.7 Å². The third-order valence-corrected chi connectivity index (χ3v) is 2.39. The fourth-order valence-corrected chi connectivity index (χ4v) is 1.67. The van der Waals surface area contributed by atoms with Crippen LogP contribution in [0.15, 0.2) is 29.2 Å². The van der Waals surface area contributed by atoms with Crippen LogP contribution in [-0.4, -0.2) is 12.3 Å². The number of thiol groups is 1. The molecule has 4 nitrogen and oxygen atoms in total. The van der Waals surface area contributed by atoms with Crippen molar-refractivity contribution in [3.8, 4) is 0 Å². The lowest BCUT2D eigenvalue weighted by molar-refractivity contribution is 0.271. The lowest BCUT2D eigenvalue weighted by Gasteiger charge is -2.02. The van der Waals surface area contributed by atoms with Crippen molar-refractivity contribution >= 4 is 42.9 Å². The first-order chi connectivity index (χ1) is 6.11. The molecular weight excluding hydrogens is 305 g/mol. The molecule has 0 saturated heterocycles. The Morgan fingerprint density at radius 1 is 1.31 bits per heavy atom. The molecule has 1 aromatic carbocycles. The smallest absolute Gasteiger partial charge is 0.285 e. The topological polar surface area (TPSA) is 63.2 Å². The molecule has 0 aliphatic rings. The molecule has 70 valence electrons. The van der Waals surface area contributed by atoms with E-state index in [0.717, 1.165) is 0 Å². The summed E-state index contributed by atoms with van der Waals surface area (Å²) in [5.74, 6) is 0. The van der Waals surface area contributed by atoms with Crippen LogP contribution in [0.5, 0.6) is 0 Å². The number of carbonyl (C=O) groups is 1. The van der Waals surface area contributed by atoms with E-state index in [-0.39, 0.29) is 8.81 Å². The van der Waals surface area contributed by atoms with Crippen molar-refractivity contribution in [1.29, 1.82) is 0 Å². The second-order valence-corrected chi connectivity index (χ2v) is 4.15. The van der Waals surface area contributed by atoms with Gasteiger partial charge >= 0.3 is 0 Å². The Morgan fingerprint density at radius 2 is 1.92 bits per heavy atom. The van der Waals surface area contributed by atoms with Crippen LogP contribution in [0.1, 0.15) is 0 Å². The zero-order valence-electron chi connectivity index (χ0n) is 6.36. The van der Waals surface area contributed by atoms with E-state index in [2.05, 4.69) is 5.32 Å². The van der Waals surface area contributed by atoms with E-state index in [1.54, 1.807) is 12.1 Å². The summed E-state index contributed by atoms with van der Waals surface area (Å²) in [4.78, 5) is 10.8. The maximum atomic E-state index is 10.7. The summed E-state index contributed by atoms with van der Waals surface area (Å²) in [6, 6.07) is 6.23. The maximum absolute atomic E-state index is 10.7. The highest BCUT2D eigenvalue weighted by Gasteiger charge is 2.04. The van der Waals surface area contributed by atoms with E-state index in [9.17, 15) is 13.2 Å². The van der Waals surface area contributed by atoms with E-state index in [1.807, 2.05) is 0 Å². The molecule has 0 unspecified atom stereocenters. The number of carbonyl (C=O) groups excluding carboxylic acids is 1. The fourth-order valence-electron chi connectivity index (χ4n) is 0.844. The molecule has 0 aliphatic heterocycles. The van der Waals surface area contributed by atoms with Gasteiger partial charge in [0.25, 0.3) is 3.91 Å². The highest BCUT2D eigenvalue weighted by molar-refractivity contribution is 14.1. The maximum Gasteiger partial charge on any atom is 0.285 e. The number of anilines is 1. The van der Waals surface area contributed by atoms with Crippen molar-refractivity contribution < 1.29 is 13.2 Å². The minimum Gasteiger partial charge on any atom is -0.316 e. The van der Waals surface area contributed by atoms with Gasteiger partial charge in [0.1, 0.15) is 0 Å². The number of rotatable bonds is 2. The number of halogens is 1. The average molecular weight is 311 g/mol. The monoisotopic (exact) mass is 311 g/mol. The minimum absolute atomic E-state index is 0.127. The van der Waals surface area contributed by atoms with Crippen LogP contribution in [0.3, 0.4) is 0 Å². The summed E-state index contributed by atoms with van der Waals surface area (Å²) in [5, 5.41) is 2.42. The van der Waals surface area contributed by atoms with E-state index in [4.69, 9.17) is 0 Å². The third kappa shape index (κ3) is 2.96. The van der Waals surface area contributed by atoms with Gasteiger partial charge in [0, 0.05) is 22.6 Å². The number of hydrogen-bond acceptors (Lipinski definition) is 3. The van der Waals surface area contributed by atoms with Gasteiger partial charge in [-0.15, -0.1) is 0 Å². The molecule has 1 aromatic rings. The molecule has 13 heavy (non-hydrogen) atoms. The fraction of sp³-hybridized carbons (Fsp3) is 0. The molecule has 0 aromatic heterocycles. The van der Waals surface area contributed by atoms with Crippen LogP contribution in [0.2, 0.25) is 0 Å². The van der Waals surface area contributed by atoms with Crippen molar-refractivity contribution in [3.63, 3.8) is 0 Å². The molecule has 6 heteroatoms. The van der Waals surface area contributed by atoms with Gasteiger partial charge in [-0.25, -0.2) is 8.42 Å². The standard InChI is InChI=1S/C7H6INO3S/c8-7(10)9-5-3-1-2-4-6(5)13(11)12/h1-4,13H,(H,9,10). The molecule has 0 spiro atoms. The van der Waals surface area contributed by atoms with E-state index in [0.29, 0.717) is 5.69 Å². The van der Waals surface area contributed by atoms with Crippen LogP contribution in [0, 0.1) is 0 Å². The minimum atomic E-state index is -2.67. The summed E-state index contributed by atoms with van der Waals surface area (Å²) in [7, 11) is -2.67. The van der Waals surface area contributed by atoms with Gasteiger partial charge in [0.2, 0.25) is 0 Å². The van der Waals surface area contributed by atoms with E-state index >= 15 is 0 Å². The lowest BCUT2D eigenvalue weighted by Crippen LogP contribution is -2.02. The van der Waals surface area contributed by atoms with Gasteiger partial charge < -0.3 is 5.32 Å². The molecule has 0 radical (unpaired) electrons. The molecule has 0 bridgehead atoms. The summed E-state index contributed by atoms with van der Waals surface area (Å²) in [5.41, 5.74) is 0.318. The van der Waals surface area contributed by atoms with Crippen molar-refractivity contribution in [2.45, 2.75) is 4.90 Å². The van der Waals surface area contributed by atoms with Gasteiger partial charge in [-0.05, 0) is 12.1 Å². The molecule has 1 amide bonds. The largest absolute Gasteiger partial charge is 0.316 e. The highest BCUT2D eigenvalue weighted by atomic mass is 127. The van der Waals surface area contributed by atoms with Crippen LogP contribution in [0.4, 0.5) is 10.5 Å². The number of nitrogens with one attached hydrogen (secondary N) is 1. The molecule has 0 fully saturated rings. The predicted molar refractivity (Wildman–Crippen MR) is 58.1 cm³/mol. The first kappa shape index (κ1) is 10.5. The second-order valence-electron chi connectivity index (χ2n) is 2.17. The number of hydrogen-bond donors (Lipinski definition) is 2. The SMILES string of the molecule is O=C(I)Nc1ccccc1[SH](=O)=O. The Balaban J connectivity index is 3.12. The number of benzene rings is 1. The van der Waals surface area contributed by atoms with Crippen molar-refractivity contribution in [2.24, 2.45) is 0 Å². The quantitative estimate of drug-likeness (QED) is 0.378. The van der Waals surface area contributed by atoms with Crippen LogP contribution < -0.4 is 5.32 Å². The summed E-state index contributed by atoms with van der Waals surface area (Å²) >= 11 is 1.54. The van der Waals surface area contributed by atoms with Crippen molar-refractivity contribution in [3.05, 3.63) is 24.3 Å². The first-order valence-electron chi connectivity index (χ1n) is 3.31. The van der Waals surface area contributed by atoms with Crippen LogP contribution in [0.25, 0.3) is 0 Å². The summed E-state index contributed by atoms with van der Waals surface area (Å²) in [6.45, 7) is 0. The van der Waals surface area contributed by atoms with Crippen LogP contribution >= 0.6 is 22.6 Å².